The number of aromatic nitrogens is 4. The Labute approximate surface area is 68.5 Å². The lowest BCUT2D eigenvalue weighted by Gasteiger charge is -1.84. The Morgan fingerprint density at radius 2 is 2.42 bits per heavy atom. The normalized spacial score (nSPS) is 10.8. The van der Waals surface area contributed by atoms with E-state index in [2.05, 4.69) is 19.9 Å². The van der Waals surface area contributed by atoms with Crippen LogP contribution in [0.5, 0.6) is 0 Å². The van der Waals surface area contributed by atoms with Crippen LogP contribution >= 0.6 is 0 Å². The van der Waals surface area contributed by atoms with E-state index in [0.717, 1.165) is 5.52 Å². The van der Waals surface area contributed by atoms with Crippen molar-refractivity contribution in [3.63, 3.8) is 0 Å². The quantitative estimate of drug-likeness (QED) is 0.693. The number of fused-ring (bicyclic) bond motifs is 1. The van der Waals surface area contributed by atoms with Crippen LogP contribution in [0, 0.1) is 0 Å². The average Bonchev–Trinajstić information content (AvgIpc) is 2.47. The Bertz CT molecular complexity index is 351. The van der Waals surface area contributed by atoms with Gasteiger partial charge in [-0.25, -0.2) is 20.1 Å². The van der Waals surface area contributed by atoms with Crippen LogP contribution in [0.2, 0.25) is 0 Å². The molecule has 12 heavy (non-hydrogen) atoms. The van der Waals surface area contributed by atoms with Gasteiger partial charge in [-0.3, -0.25) is 0 Å². The summed E-state index contributed by atoms with van der Waals surface area (Å²) in [5.74, 6) is 0.681. The molecule has 1 N–H and O–H groups in total. The van der Waals surface area contributed by atoms with Crippen LogP contribution in [0.1, 0.15) is 5.82 Å². The molecular formula is C7H7N4O. The number of nitrogens with one attached hydrogen (secondary N) is 1. The minimum Gasteiger partial charge on any atom is -0.339 e. The summed E-state index contributed by atoms with van der Waals surface area (Å²) in [7, 11) is 0. The highest BCUT2D eigenvalue weighted by molar-refractivity contribution is 5.68. The first-order chi connectivity index (χ1) is 5.90. The maximum atomic E-state index is 10.3. The van der Waals surface area contributed by atoms with Crippen molar-refractivity contribution < 1.29 is 5.11 Å². The summed E-state index contributed by atoms with van der Waals surface area (Å²) in [6.07, 6.45) is 3.49. The first kappa shape index (κ1) is 7.17. The van der Waals surface area contributed by atoms with Crippen LogP contribution in [-0.2, 0) is 11.5 Å². The summed E-state index contributed by atoms with van der Waals surface area (Å²) in [5, 5.41) is 10.3. The number of hydrogen-bond donors (Lipinski definition) is 1. The van der Waals surface area contributed by atoms with Crippen molar-refractivity contribution in [3.05, 3.63) is 18.3 Å². The molecule has 0 aliphatic rings. The van der Waals surface area contributed by atoms with Crippen LogP contribution < -0.4 is 0 Å². The molecule has 0 aliphatic carbocycles. The van der Waals surface area contributed by atoms with Gasteiger partial charge in [0, 0.05) is 6.42 Å². The van der Waals surface area contributed by atoms with E-state index in [1.54, 1.807) is 6.20 Å². The van der Waals surface area contributed by atoms with Gasteiger partial charge in [0.2, 0.25) is 0 Å². The zero-order chi connectivity index (χ0) is 8.39. The molecule has 0 atom stereocenters. The SMILES string of the molecule is [O]CCc1nc2ncncc2[nH]1. The van der Waals surface area contributed by atoms with Crippen molar-refractivity contribution in [3.8, 4) is 0 Å². The molecular weight excluding hydrogens is 156 g/mol. The van der Waals surface area contributed by atoms with Crippen molar-refractivity contribution in [2.24, 2.45) is 0 Å². The molecule has 0 spiro atoms. The van der Waals surface area contributed by atoms with Gasteiger partial charge in [0.05, 0.1) is 12.8 Å². The molecule has 0 unspecified atom stereocenters. The molecule has 2 aromatic rings. The fourth-order valence-corrected chi connectivity index (χ4v) is 1.03. The third kappa shape index (κ3) is 1.14. The zero-order valence-electron chi connectivity index (χ0n) is 6.32. The highest BCUT2D eigenvalue weighted by Gasteiger charge is 2.01. The first-order valence-corrected chi connectivity index (χ1v) is 3.63. The minimum absolute atomic E-state index is 0.159. The van der Waals surface area contributed by atoms with E-state index in [1.165, 1.54) is 6.33 Å². The molecule has 0 bridgehead atoms. The molecule has 0 saturated heterocycles. The van der Waals surface area contributed by atoms with Gasteiger partial charge in [0.25, 0.3) is 0 Å². The van der Waals surface area contributed by atoms with Gasteiger partial charge in [0.15, 0.2) is 5.65 Å². The zero-order valence-corrected chi connectivity index (χ0v) is 6.32. The van der Waals surface area contributed by atoms with Gasteiger partial charge in [-0.15, -0.1) is 0 Å². The molecule has 0 saturated carbocycles. The second-order valence-corrected chi connectivity index (χ2v) is 2.40. The molecule has 0 amide bonds. The van der Waals surface area contributed by atoms with E-state index in [9.17, 15) is 5.11 Å². The van der Waals surface area contributed by atoms with Gasteiger partial charge in [0.1, 0.15) is 17.7 Å². The summed E-state index contributed by atoms with van der Waals surface area (Å²) < 4.78 is 0. The molecule has 2 rings (SSSR count). The average molecular weight is 163 g/mol. The highest BCUT2D eigenvalue weighted by Crippen LogP contribution is 2.05. The van der Waals surface area contributed by atoms with Gasteiger partial charge in [-0.05, 0) is 0 Å². The van der Waals surface area contributed by atoms with Gasteiger partial charge < -0.3 is 4.98 Å². The maximum absolute atomic E-state index is 10.3. The number of nitrogens with zero attached hydrogens (tertiary/aromatic N) is 3. The van der Waals surface area contributed by atoms with Gasteiger partial charge in [-0.2, -0.15) is 0 Å². The van der Waals surface area contributed by atoms with E-state index in [4.69, 9.17) is 0 Å². The fourth-order valence-electron chi connectivity index (χ4n) is 1.03. The highest BCUT2D eigenvalue weighted by atomic mass is 16.3. The Hall–Kier alpha value is -1.49. The molecule has 0 fully saturated rings. The monoisotopic (exact) mass is 163 g/mol. The molecule has 5 nitrogen and oxygen atoms in total. The van der Waals surface area contributed by atoms with Crippen LogP contribution in [0.3, 0.4) is 0 Å². The summed E-state index contributed by atoms with van der Waals surface area (Å²) in [5.41, 5.74) is 1.40. The largest absolute Gasteiger partial charge is 0.339 e. The van der Waals surface area contributed by atoms with Crippen molar-refractivity contribution in [2.75, 3.05) is 6.61 Å². The molecule has 61 valence electrons. The predicted molar refractivity (Wildman–Crippen MR) is 40.9 cm³/mol. The first-order valence-electron chi connectivity index (χ1n) is 3.63. The molecule has 2 heterocycles. The van der Waals surface area contributed by atoms with Crippen molar-refractivity contribution >= 4 is 11.2 Å². The van der Waals surface area contributed by atoms with Crippen molar-refractivity contribution in [1.82, 2.24) is 19.9 Å². The maximum Gasteiger partial charge on any atom is 0.180 e. The lowest BCUT2D eigenvalue weighted by Crippen LogP contribution is -1.90. The smallest absolute Gasteiger partial charge is 0.180 e. The van der Waals surface area contributed by atoms with Crippen LogP contribution in [0.4, 0.5) is 0 Å². The minimum atomic E-state index is -0.159. The summed E-state index contributed by atoms with van der Waals surface area (Å²) in [6.45, 7) is -0.159. The molecule has 1 radical (unpaired) electrons. The number of rotatable bonds is 2. The molecule has 2 aromatic heterocycles. The summed E-state index contributed by atoms with van der Waals surface area (Å²) in [4.78, 5) is 14.8. The van der Waals surface area contributed by atoms with Crippen LogP contribution in [0.15, 0.2) is 12.5 Å². The second-order valence-electron chi connectivity index (χ2n) is 2.40. The second kappa shape index (κ2) is 2.86. The number of hydrogen-bond acceptors (Lipinski definition) is 3. The third-order valence-electron chi connectivity index (χ3n) is 1.55. The summed E-state index contributed by atoms with van der Waals surface area (Å²) in [6, 6.07) is 0. The summed E-state index contributed by atoms with van der Waals surface area (Å²) >= 11 is 0. The Kier molecular flexibility index (Phi) is 1.71. The van der Waals surface area contributed by atoms with Crippen LogP contribution in [-0.4, -0.2) is 26.5 Å². The molecule has 0 aliphatic heterocycles. The Morgan fingerprint density at radius 1 is 1.50 bits per heavy atom. The van der Waals surface area contributed by atoms with Crippen molar-refractivity contribution in [1.29, 1.82) is 0 Å². The van der Waals surface area contributed by atoms with Gasteiger partial charge in [-0.1, -0.05) is 0 Å². The van der Waals surface area contributed by atoms with E-state index in [0.29, 0.717) is 17.9 Å². The Balaban J connectivity index is 2.47. The number of aromatic amines is 1. The van der Waals surface area contributed by atoms with Crippen molar-refractivity contribution in [2.45, 2.75) is 6.42 Å². The fraction of sp³-hybridized carbons (Fsp3) is 0.286. The lowest BCUT2D eigenvalue weighted by atomic mass is 10.4. The standard InChI is InChI=1S/C7H7N4O/c12-2-1-6-10-5-3-8-4-9-7(5)11-6/h3-4H,1-2H2,(H,8,9,10,11). The molecule has 5 heteroatoms. The number of H-pyrrole nitrogens is 1. The van der Waals surface area contributed by atoms with E-state index in [-0.39, 0.29) is 6.61 Å². The van der Waals surface area contributed by atoms with E-state index >= 15 is 0 Å². The predicted octanol–water partition coefficient (Wildman–Crippen LogP) is 0.326. The van der Waals surface area contributed by atoms with Gasteiger partial charge >= 0.3 is 0 Å². The topological polar surface area (TPSA) is 74.4 Å². The number of imidazole rings is 1. The van der Waals surface area contributed by atoms with E-state index in [1.807, 2.05) is 0 Å². The molecule has 0 aromatic carbocycles. The lowest BCUT2D eigenvalue weighted by molar-refractivity contribution is 0.195. The Morgan fingerprint density at radius 3 is 3.17 bits per heavy atom. The van der Waals surface area contributed by atoms with E-state index < -0.39 is 0 Å². The third-order valence-corrected chi connectivity index (χ3v) is 1.55. The van der Waals surface area contributed by atoms with Crippen LogP contribution in [0.25, 0.3) is 11.2 Å².